The summed E-state index contributed by atoms with van der Waals surface area (Å²) in [5, 5.41) is 31.4. The number of imidazole rings is 1. The van der Waals surface area contributed by atoms with Gasteiger partial charge in [0.15, 0.2) is 11.5 Å². The Morgan fingerprint density at radius 2 is 1.72 bits per heavy atom. The quantitative estimate of drug-likeness (QED) is 0.291. The lowest BCUT2D eigenvalue weighted by Gasteiger charge is -2.31. The maximum absolute atomic E-state index is 13.8. The highest BCUT2D eigenvalue weighted by atomic mass is 16.6. The predicted octanol–water partition coefficient (Wildman–Crippen LogP) is 0.530. The Morgan fingerprint density at radius 1 is 1.06 bits per heavy atom. The molecule has 2 aromatic carbocycles. The number of hydrogen-bond acceptors (Lipinski definition) is 10. The zero-order valence-corrected chi connectivity index (χ0v) is 18.9. The highest BCUT2D eigenvalue weighted by Crippen LogP contribution is 2.45. The van der Waals surface area contributed by atoms with Crippen molar-refractivity contribution < 1.29 is 29.6 Å². The Bertz CT molecular complexity index is 1430. The number of carbonyl (C=O) groups is 1. The highest BCUT2D eigenvalue weighted by molar-refractivity contribution is 5.86. The van der Waals surface area contributed by atoms with E-state index in [-0.39, 0.29) is 29.5 Å². The molecule has 5 N–H and O–H groups in total. The highest BCUT2D eigenvalue weighted by Gasteiger charge is 2.62. The SMILES string of the molecule is Nc1ncnc2c1ncn2[C@]1(C(=O)OCC2c3ccccc3-c3ccccc32)O[C@H](CO)[C@@H](O)[C@H]1O. The molecule has 0 saturated carbocycles. The van der Waals surface area contributed by atoms with Crippen molar-refractivity contribution >= 4 is 23.0 Å². The first-order valence-electron chi connectivity index (χ1n) is 11.4. The van der Waals surface area contributed by atoms with Gasteiger partial charge in [-0.15, -0.1) is 0 Å². The van der Waals surface area contributed by atoms with E-state index in [2.05, 4.69) is 15.0 Å². The standard InChI is InChI=1S/C25H23N5O6/c26-22-19-23(28-11-27-22)30(12-29-19)25(21(33)20(32)18(9-31)36-25)24(34)35-10-17-15-7-3-1-5-13(15)14-6-2-4-8-16(14)17/h1-8,11-12,17-18,20-21,31-33H,9-10H2,(H2,26,27,28)/t18-,20-,21-,25+/m1/s1. The number of fused-ring (bicyclic) bond motifs is 4. The van der Waals surface area contributed by atoms with Gasteiger partial charge in [0, 0.05) is 5.92 Å². The van der Waals surface area contributed by atoms with Crippen molar-refractivity contribution in [2.24, 2.45) is 0 Å². The number of carbonyl (C=O) groups excluding carboxylic acids is 1. The van der Waals surface area contributed by atoms with Crippen LogP contribution in [0, 0.1) is 0 Å². The van der Waals surface area contributed by atoms with E-state index in [1.54, 1.807) is 0 Å². The van der Waals surface area contributed by atoms with Crippen LogP contribution in [0.25, 0.3) is 22.3 Å². The second kappa shape index (κ2) is 8.35. The van der Waals surface area contributed by atoms with Crippen LogP contribution < -0.4 is 5.73 Å². The number of nitrogen functional groups attached to an aromatic ring is 1. The molecule has 11 heteroatoms. The van der Waals surface area contributed by atoms with Gasteiger partial charge in [-0.3, -0.25) is 4.57 Å². The van der Waals surface area contributed by atoms with Crippen LogP contribution in [0.1, 0.15) is 17.0 Å². The van der Waals surface area contributed by atoms with E-state index in [1.165, 1.54) is 17.2 Å². The number of aliphatic hydroxyl groups excluding tert-OH is 3. The van der Waals surface area contributed by atoms with Gasteiger partial charge in [-0.1, -0.05) is 48.5 Å². The summed E-state index contributed by atoms with van der Waals surface area (Å²) < 4.78 is 12.8. The van der Waals surface area contributed by atoms with Gasteiger partial charge < -0.3 is 30.5 Å². The molecule has 11 nitrogen and oxygen atoms in total. The first-order chi connectivity index (χ1) is 17.5. The van der Waals surface area contributed by atoms with Crippen LogP contribution in [0.3, 0.4) is 0 Å². The first-order valence-corrected chi connectivity index (χ1v) is 11.4. The minimum absolute atomic E-state index is 0.0473. The number of aliphatic hydroxyl groups is 3. The van der Waals surface area contributed by atoms with Crippen molar-refractivity contribution in [1.29, 1.82) is 0 Å². The summed E-state index contributed by atoms with van der Waals surface area (Å²) in [6.45, 7) is -0.686. The molecule has 36 heavy (non-hydrogen) atoms. The smallest absolute Gasteiger partial charge is 0.363 e. The third-order valence-corrected chi connectivity index (χ3v) is 6.97. The number of anilines is 1. The van der Waals surface area contributed by atoms with Crippen molar-refractivity contribution in [3.63, 3.8) is 0 Å². The number of nitrogens with zero attached hydrogens (tertiary/aromatic N) is 4. The lowest BCUT2D eigenvalue weighted by atomic mass is 9.98. The average Bonchev–Trinajstić information content (AvgIpc) is 3.55. The average molecular weight is 489 g/mol. The normalized spacial score (nSPS) is 25.1. The predicted molar refractivity (Wildman–Crippen MR) is 126 cm³/mol. The van der Waals surface area contributed by atoms with Gasteiger partial charge in [0.05, 0.1) is 6.61 Å². The van der Waals surface area contributed by atoms with E-state index in [4.69, 9.17) is 15.2 Å². The van der Waals surface area contributed by atoms with Crippen molar-refractivity contribution in [2.45, 2.75) is 30.0 Å². The molecular formula is C25H23N5O6. The Morgan fingerprint density at radius 3 is 2.36 bits per heavy atom. The molecule has 0 amide bonds. The Labute approximate surface area is 204 Å². The van der Waals surface area contributed by atoms with Gasteiger partial charge in [0.2, 0.25) is 0 Å². The maximum atomic E-state index is 13.8. The molecule has 2 aromatic heterocycles. The fourth-order valence-corrected chi connectivity index (χ4v) is 5.21. The summed E-state index contributed by atoms with van der Waals surface area (Å²) in [6.07, 6.45) is -2.22. The summed E-state index contributed by atoms with van der Waals surface area (Å²) in [5.74, 6) is -1.15. The molecular weight excluding hydrogens is 466 g/mol. The summed E-state index contributed by atoms with van der Waals surface area (Å²) >= 11 is 0. The van der Waals surface area contributed by atoms with E-state index >= 15 is 0 Å². The lowest BCUT2D eigenvalue weighted by molar-refractivity contribution is -0.200. The third kappa shape index (κ3) is 3.07. The molecule has 6 rings (SSSR count). The number of hydrogen-bond donors (Lipinski definition) is 4. The molecule has 2 aliphatic rings. The molecule has 1 aliphatic heterocycles. The maximum Gasteiger partial charge on any atom is 0.363 e. The molecule has 4 atom stereocenters. The van der Waals surface area contributed by atoms with E-state index in [9.17, 15) is 20.1 Å². The van der Waals surface area contributed by atoms with Crippen LogP contribution in [0.5, 0.6) is 0 Å². The van der Waals surface area contributed by atoms with E-state index < -0.39 is 36.6 Å². The summed E-state index contributed by atoms with van der Waals surface area (Å²) in [6, 6.07) is 15.8. The topological polar surface area (TPSA) is 166 Å². The van der Waals surface area contributed by atoms with Gasteiger partial charge in [0.25, 0.3) is 5.72 Å². The Balaban J connectivity index is 1.39. The van der Waals surface area contributed by atoms with Gasteiger partial charge in [-0.2, -0.15) is 0 Å². The molecule has 3 heterocycles. The van der Waals surface area contributed by atoms with Gasteiger partial charge >= 0.3 is 5.97 Å². The molecule has 0 radical (unpaired) electrons. The minimum atomic E-state index is -2.26. The fraction of sp³-hybridized carbons (Fsp3) is 0.280. The molecule has 1 fully saturated rings. The molecule has 184 valence electrons. The lowest BCUT2D eigenvalue weighted by Crippen LogP contribution is -2.52. The van der Waals surface area contributed by atoms with Crippen LogP contribution >= 0.6 is 0 Å². The van der Waals surface area contributed by atoms with E-state index in [0.29, 0.717) is 0 Å². The number of benzene rings is 2. The van der Waals surface area contributed by atoms with Crippen molar-refractivity contribution in [3.05, 3.63) is 72.3 Å². The first kappa shape index (κ1) is 22.6. The van der Waals surface area contributed by atoms with Crippen LogP contribution in [0.2, 0.25) is 0 Å². The number of rotatable bonds is 5. The van der Waals surface area contributed by atoms with Crippen molar-refractivity contribution in [3.8, 4) is 11.1 Å². The van der Waals surface area contributed by atoms with Crippen LogP contribution in [0.15, 0.2) is 61.2 Å². The second-order valence-corrected chi connectivity index (χ2v) is 8.84. The van der Waals surface area contributed by atoms with E-state index in [0.717, 1.165) is 22.3 Å². The summed E-state index contributed by atoms with van der Waals surface area (Å²) in [5.41, 5.74) is 8.05. The Hall–Kier alpha value is -3.90. The number of aromatic nitrogens is 4. The minimum Gasteiger partial charge on any atom is -0.461 e. The second-order valence-electron chi connectivity index (χ2n) is 8.84. The summed E-state index contributed by atoms with van der Waals surface area (Å²) in [7, 11) is 0. The molecule has 0 unspecified atom stereocenters. The number of nitrogens with two attached hydrogens (primary N) is 1. The molecule has 4 aromatic rings. The van der Waals surface area contributed by atoms with Gasteiger partial charge in [-0.05, 0) is 22.3 Å². The van der Waals surface area contributed by atoms with Crippen molar-refractivity contribution in [1.82, 2.24) is 19.5 Å². The summed E-state index contributed by atoms with van der Waals surface area (Å²) in [4.78, 5) is 26.0. The fourth-order valence-electron chi connectivity index (χ4n) is 5.21. The molecule has 0 spiro atoms. The monoisotopic (exact) mass is 489 g/mol. The van der Waals surface area contributed by atoms with Gasteiger partial charge in [-0.25, -0.2) is 19.7 Å². The van der Waals surface area contributed by atoms with E-state index in [1.807, 2.05) is 48.5 Å². The number of esters is 1. The molecule has 1 saturated heterocycles. The zero-order chi connectivity index (χ0) is 25.0. The Kier molecular flexibility index (Phi) is 5.23. The van der Waals surface area contributed by atoms with Crippen molar-refractivity contribution in [2.75, 3.05) is 18.9 Å². The third-order valence-electron chi connectivity index (χ3n) is 6.97. The number of ether oxygens (including phenoxy) is 2. The van der Waals surface area contributed by atoms with Crippen LogP contribution in [-0.4, -0.2) is 72.3 Å². The largest absolute Gasteiger partial charge is 0.461 e. The zero-order valence-electron chi connectivity index (χ0n) is 18.9. The molecule has 0 bridgehead atoms. The molecule has 1 aliphatic carbocycles. The van der Waals surface area contributed by atoms with Crippen LogP contribution in [-0.2, 0) is 20.0 Å². The van der Waals surface area contributed by atoms with Crippen LogP contribution in [0.4, 0.5) is 5.82 Å². The van der Waals surface area contributed by atoms with Gasteiger partial charge in [0.1, 0.15) is 43.1 Å².